The number of hydrogen-bond donors (Lipinski definition) is 1. The Morgan fingerprint density at radius 3 is 3.00 bits per heavy atom. The summed E-state index contributed by atoms with van der Waals surface area (Å²) in [5, 5.41) is 2.39. The van der Waals surface area contributed by atoms with E-state index in [-0.39, 0.29) is 0 Å². The predicted molar refractivity (Wildman–Crippen MR) is 50.3 cm³/mol. The Morgan fingerprint density at radius 1 is 1.57 bits per heavy atom. The fraction of sp³-hybridized carbons (Fsp3) is 0. The molecule has 0 saturated carbocycles. The van der Waals surface area contributed by atoms with Gasteiger partial charge in [-0.1, -0.05) is 4.68 Å². The number of nitrogens with one attached hydrogen (secondary N) is 1. The zero-order valence-corrected chi connectivity index (χ0v) is 7.90. The van der Waals surface area contributed by atoms with E-state index in [2.05, 4.69) is 10.1 Å². The first-order chi connectivity index (χ1) is 6.77. The monoisotopic (exact) mass is 208 g/mol. The Morgan fingerprint density at radius 2 is 2.43 bits per heavy atom. The molecule has 0 aromatic carbocycles. The van der Waals surface area contributed by atoms with E-state index >= 15 is 0 Å². The Hall–Kier alpha value is -1.68. The lowest BCUT2D eigenvalue weighted by molar-refractivity contribution is -0.655. The van der Waals surface area contributed by atoms with Crippen LogP contribution in [-0.2, 0) is 0 Å². The average molecular weight is 209 g/mol. The normalized spacial score (nSPS) is 10.1. The number of carbonyl (C=O) groups excluding carboxylic acids is 1. The topological polar surface area (TPSA) is 49.6 Å². The number of hydrogen-bond acceptors (Lipinski definition) is 2. The van der Waals surface area contributed by atoms with Crippen molar-refractivity contribution in [3.63, 3.8) is 0 Å². The number of aromatic nitrogens is 3. The molecule has 2 aromatic rings. The maximum absolute atomic E-state index is 10.8. The van der Waals surface area contributed by atoms with E-state index in [0.29, 0.717) is 5.56 Å². The molecule has 0 aliphatic carbocycles. The smallest absolute Gasteiger partial charge is 0.260 e. The lowest BCUT2D eigenvalue weighted by Crippen LogP contribution is -2.31. The van der Waals surface area contributed by atoms with Crippen molar-refractivity contribution >= 4 is 16.8 Å². The fourth-order valence-corrected chi connectivity index (χ4v) is 1.21. The van der Waals surface area contributed by atoms with Crippen molar-refractivity contribution in [1.29, 1.82) is 0 Å². The van der Waals surface area contributed by atoms with E-state index < -0.39 is 5.24 Å². The van der Waals surface area contributed by atoms with Crippen molar-refractivity contribution in [2.45, 2.75) is 0 Å². The van der Waals surface area contributed by atoms with Crippen LogP contribution in [0.1, 0.15) is 10.4 Å². The highest BCUT2D eigenvalue weighted by atomic mass is 35.5. The summed E-state index contributed by atoms with van der Waals surface area (Å²) in [7, 11) is 0. The summed E-state index contributed by atoms with van der Waals surface area (Å²) in [4.78, 5) is 14.8. The summed E-state index contributed by atoms with van der Waals surface area (Å²) >= 11 is 5.32. The van der Waals surface area contributed by atoms with Gasteiger partial charge in [0.25, 0.3) is 10.9 Å². The minimum absolute atomic E-state index is 0.426. The van der Waals surface area contributed by atoms with Gasteiger partial charge in [0, 0.05) is 12.3 Å². The number of aromatic amines is 1. The second-order valence-electron chi connectivity index (χ2n) is 2.71. The standard InChI is InChI=1S/C9H6ClN3O/c10-9(14)7-4-12-13(6-7)8-2-1-3-11-5-8/h1-6H/p+1. The Labute approximate surface area is 85.1 Å². The van der Waals surface area contributed by atoms with Crippen molar-refractivity contribution < 1.29 is 9.48 Å². The summed E-state index contributed by atoms with van der Waals surface area (Å²) in [6.45, 7) is 0. The van der Waals surface area contributed by atoms with Crippen molar-refractivity contribution in [2.24, 2.45) is 0 Å². The van der Waals surface area contributed by atoms with Crippen LogP contribution in [0.3, 0.4) is 0 Å². The van der Waals surface area contributed by atoms with Crippen molar-refractivity contribution in [1.82, 2.24) is 10.1 Å². The number of carbonyl (C=O) groups is 1. The van der Waals surface area contributed by atoms with Gasteiger partial charge < -0.3 is 0 Å². The minimum atomic E-state index is -0.483. The zero-order chi connectivity index (χ0) is 9.97. The van der Waals surface area contributed by atoms with E-state index in [1.165, 1.54) is 0 Å². The van der Waals surface area contributed by atoms with E-state index in [4.69, 9.17) is 11.6 Å². The molecule has 0 bridgehead atoms. The molecule has 0 radical (unpaired) electrons. The molecule has 0 aliphatic rings. The quantitative estimate of drug-likeness (QED) is 0.593. The van der Waals surface area contributed by atoms with E-state index in [9.17, 15) is 4.79 Å². The second-order valence-corrected chi connectivity index (χ2v) is 3.06. The predicted octanol–water partition coefficient (Wildman–Crippen LogP) is 1.07. The molecule has 0 aliphatic heterocycles. The molecule has 2 heterocycles. The molecule has 70 valence electrons. The maximum Gasteiger partial charge on any atom is 0.260 e. The van der Waals surface area contributed by atoms with E-state index in [1.807, 2.05) is 12.1 Å². The van der Waals surface area contributed by atoms with Gasteiger partial charge in [-0.2, -0.15) is 5.10 Å². The van der Waals surface area contributed by atoms with Gasteiger partial charge in [0.15, 0.2) is 0 Å². The lowest BCUT2D eigenvalue weighted by atomic mass is 10.4. The summed E-state index contributed by atoms with van der Waals surface area (Å²) in [6, 6.07) is 3.68. The van der Waals surface area contributed by atoms with Crippen molar-refractivity contribution in [2.75, 3.05) is 0 Å². The third-order valence-electron chi connectivity index (χ3n) is 1.78. The molecule has 2 rings (SSSR count). The Kier molecular flexibility index (Phi) is 2.28. The molecular formula is C9H7ClN3O+. The fourth-order valence-electron chi connectivity index (χ4n) is 1.11. The van der Waals surface area contributed by atoms with Crippen LogP contribution in [0.25, 0.3) is 5.69 Å². The first-order valence-electron chi connectivity index (χ1n) is 3.97. The molecule has 14 heavy (non-hydrogen) atoms. The number of pyridine rings is 1. The Bertz CT molecular complexity index is 452. The minimum Gasteiger partial charge on any atom is -0.275 e. The molecule has 5 heteroatoms. The number of halogens is 1. The zero-order valence-electron chi connectivity index (χ0n) is 7.14. The van der Waals surface area contributed by atoms with Crippen LogP contribution in [0.2, 0.25) is 0 Å². The first kappa shape index (κ1) is 8.90. The largest absolute Gasteiger partial charge is 0.275 e. The molecule has 0 spiro atoms. The van der Waals surface area contributed by atoms with Crippen molar-refractivity contribution in [3.8, 4) is 5.69 Å². The van der Waals surface area contributed by atoms with Crippen LogP contribution in [0.4, 0.5) is 0 Å². The lowest BCUT2D eigenvalue weighted by Gasteiger charge is -1.86. The highest BCUT2D eigenvalue weighted by Crippen LogP contribution is 2.00. The highest BCUT2D eigenvalue weighted by molar-refractivity contribution is 6.67. The van der Waals surface area contributed by atoms with Crippen molar-refractivity contribution in [3.05, 3.63) is 42.5 Å². The van der Waals surface area contributed by atoms with Crippen LogP contribution in [0.15, 0.2) is 36.9 Å². The van der Waals surface area contributed by atoms with Crippen LogP contribution in [-0.4, -0.2) is 15.3 Å². The molecule has 0 fully saturated rings. The van der Waals surface area contributed by atoms with Gasteiger partial charge in [-0.3, -0.25) is 9.78 Å². The van der Waals surface area contributed by atoms with Crippen LogP contribution < -0.4 is 4.68 Å². The molecule has 0 amide bonds. The van der Waals surface area contributed by atoms with Crippen LogP contribution in [0.5, 0.6) is 0 Å². The Balaban J connectivity index is 2.39. The molecule has 4 nitrogen and oxygen atoms in total. The van der Waals surface area contributed by atoms with Crippen LogP contribution >= 0.6 is 11.6 Å². The number of rotatable bonds is 2. The molecular weight excluding hydrogens is 202 g/mol. The van der Waals surface area contributed by atoms with Gasteiger partial charge >= 0.3 is 0 Å². The van der Waals surface area contributed by atoms with Gasteiger partial charge in [-0.25, -0.2) is 0 Å². The summed E-state index contributed by atoms with van der Waals surface area (Å²) in [6.07, 6.45) is 6.52. The van der Waals surface area contributed by atoms with Gasteiger partial charge in [0.2, 0.25) is 6.20 Å². The third-order valence-corrected chi connectivity index (χ3v) is 2.00. The van der Waals surface area contributed by atoms with Gasteiger partial charge in [0.05, 0.1) is 6.20 Å². The SMILES string of the molecule is O=C(Cl)c1c[nH][n+](-c2cccnc2)c1. The maximum atomic E-state index is 10.8. The summed E-state index contributed by atoms with van der Waals surface area (Å²) < 4.78 is 1.67. The van der Waals surface area contributed by atoms with Gasteiger partial charge in [0.1, 0.15) is 11.8 Å². The average Bonchev–Trinajstić information content (AvgIpc) is 2.68. The molecule has 2 aromatic heterocycles. The molecule has 0 saturated heterocycles. The van der Waals surface area contributed by atoms with E-state index in [0.717, 1.165) is 5.69 Å². The van der Waals surface area contributed by atoms with Crippen LogP contribution in [0, 0.1) is 0 Å². The van der Waals surface area contributed by atoms with Gasteiger partial charge in [-0.15, -0.1) is 0 Å². The highest BCUT2D eigenvalue weighted by Gasteiger charge is 2.13. The summed E-state index contributed by atoms with van der Waals surface area (Å²) in [5.41, 5.74) is 1.27. The molecule has 0 atom stereocenters. The second kappa shape index (κ2) is 3.59. The molecule has 1 N–H and O–H groups in total. The van der Waals surface area contributed by atoms with E-state index in [1.54, 1.807) is 29.5 Å². The number of nitrogens with zero attached hydrogens (tertiary/aromatic N) is 2. The number of H-pyrrole nitrogens is 1. The third kappa shape index (κ3) is 1.65. The first-order valence-corrected chi connectivity index (χ1v) is 4.35. The van der Waals surface area contributed by atoms with Gasteiger partial charge in [-0.05, 0) is 17.7 Å². The summed E-state index contributed by atoms with van der Waals surface area (Å²) in [5.74, 6) is 0. The molecule has 0 unspecified atom stereocenters.